The average molecular weight is 511 g/mol. The number of hydrogen-bond acceptors (Lipinski definition) is 5. The first-order valence-corrected chi connectivity index (χ1v) is 17.2. The van der Waals surface area contributed by atoms with Gasteiger partial charge < -0.3 is 14.2 Å². The Morgan fingerprint density at radius 2 is 1.56 bits per heavy atom. The number of esters is 2. The number of cyclic esters (lactones) is 1. The highest BCUT2D eigenvalue weighted by Gasteiger charge is 2.36. The van der Waals surface area contributed by atoms with Gasteiger partial charge in [-0.1, -0.05) is 76.8 Å². The summed E-state index contributed by atoms with van der Waals surface area (Å²) >= 11 is 0. The molecule has 0 bridgehead atoms. The fourth-order valence-electron chi connectivity index (χ4n) is 4.39. The van der Waals surface area contributed by atoms with Gasteiger partial charge in [-0.2, -0.15) is 0 Å². The molecule has 1 fully saturated rings. The van der Waals surface area contributed by atoms with E-state index in [1.807, 2.05) is 12.1 Å². The minimum Gasteiger partial charge on any atom is -0.494 e. The summed E-state index contributed by atoms with van der Waals surface area (Å²) in [6.07, 6.45) is 9.00. The smallest absolute Gasteiger partial charge is 0.343 e. The van der Waals surface area contributed by atoms with Crippen molar-refractivity contribution in [2.45, 2.75) is 96.0 Å². The molecule has 2 aromatic rings. The molecular formula is C30H42O5Si. The van der Waals surface area contributed by atoms with Gasteiger partial charge in [-0.15, -0.1) is 0 Å². The van der Waals surface area contributed by atoms with E-state index in [2.05, 4.69) is 26.6 Å². The van der Waals surface area contributed by atoms with Crippen LogP contribution in [0.1, 0.15) is 80.1 Å². The summed E-state index contributed by atoms with van der Waals surface area (Å²) in [5.41, 5.74) is 1.37. The van der Waals surface area contributed by atoms with Crippen molar-refractivity contribution >= 4 is 20.0 Å². The van der Waals surface area contributed by atoms with Crippen molar-refractivity contribution in [1.29, 1.82) is 0 Å². The number of unbranched alkanes of at least 4 members (excludes halogenated alkanes) is 5. The zero-order valence-corrected chi connectivity index (χ0v) is 23.4. The van der Waals surface area contributed by atoms with Crippen LogP contribution in [0.5, 0.6) is 11.5 Å². The van der Waals surface area contributed by atoms with Crippen molar-refractivity contribution in [3.63, 3.8) is 0 Å². The Hall–Kier alpha value is -2.60. The highest BCUT2D eigenvalue weighted by atomic mass is 28.3. The van der Waals surface area contributed by atoms with Crippen molar-refractivity contribution in [3.8, 4) is 11.5 Å². The molecule has 1 aliphatic heterocycles. The van der Waals surface area contributed by atoms with Gasteiger partial charge in [-0.25, -0.2) is 4.79 Å². The van der Waals surface area contributed by atoms with Crippen LogP contribution in [0.2, 0.25) is 25.7 Å². The second-order valence-corrected chi connectivity index (χ2v) is 16.7. The van der Waals surface area contributed by atoms with Gasteiger partial charge in [-0.05, 0) is 54.8 Å². The number of ether oxygens (including phenoxy) is 3. The summed E-state index contributed by atoms with van der Waals surface area (Å²) in [4.78, 5) is 25.0. The number of rotatable bonds is 14. The fourth-order valence-corrected chi connectivity index (χ4v) is 5.58. The van der Waals surface area contributed by atoms with Gasteiger partial charge in [0.2, 0.25) is 0 Å². The Labute approximate surface area is 217 Å². The van der Waals surface area contributed by atoms with Gasteiger partial charge in [0.15, 0.2) is 0 Å². The molecule has 2 atom stereocenters. The SMILES string of the molecule is CCCCCCCCOc1ccc(C(=O)Oc2ccc([C@H]3C[C@@H](CC[Si](C)(C)C)OC3=O)cc2)cc1. The molecule has 0 spiro atoms. The Kier molecular flexibility index (Phi) is 10.6. The molecule has 6 heteroatoms. The predicted molar refractivity (Wildman–Crippen MR) is 147 cm³/mol. The molecule has 0 radical (unpaired) electrons. The summed E-state index contributed by atoms with van der Waals surface area (Å²) in [5.74, 6) is 0.395. The number of carbonyl (C=O) groups is 2. The molecular weight excluding hydrogens is 468 g/mol. The zero-order chi connectivity index (χ0) is 26.0. The van der Waals surface area contributed by atoms with E-state index in [4.69, 9.17) is 14.2 Å². The average Bonchev–Trinajstić information content (AvgIpc) is 3.23. The summed E-state index contributed by atoms with van der Waals surface area (Å²) in [5, 5.41) is 0. The Morgan fingerprint density at radius 3 is 2.22 bits per heavy atom. The lowest BCUT2D eigenvalue weighted by Crippen LogP contribution is -2.22. The van der Waals surface area contributed by atoms with E-state index in [1.54, 1.807) is 36.4 Å². The Morgan fingerprint density at radius 1 is 0.917 bits per heavy atom. The van der Waals surface area contributed by atoms with Crippen LogP contribution in [-0.2, 0) is 9.53 Å². The van der Waals surface area contributed by atoms with Crippen LogP contribution in [0.3, 0.4) is 0 Å². The summed E-state index contributed by atoms with van der Waals surface area (Å²) in [6.45, 7) is 9.91. The molecule has 1 heterocycles. The summed E-state index contributed by atoms with van der Waals surface area (Å²) in [6, 6.07) is 15.4. The van der Waals surface area contributed by atoms with E-state index in [0.717, 1.165) is 36.6 Å². The molecule has 196 valence electrons. The predicted octanol–water partition coefficient (Wildman–Crippen LogP) is 7.77. The quantitative estimate of drug-likeness (QED) is 0.112. The molecule has 5 nitrogen and oxygen atoms in total. The van der Waals surface area contributed by atoms with Gasteiger partial charge in [0, 0.05) is 14.5 Å². The molecule has 1 aliphatic rings. The molecule has 3 rings (SSSR count). The molecule has 36 heavy (non-hydrogen) atoms. The standard InChI is InChI=1S/C30H42O5Si/c1-5-6-7-8-9-10-20-33-25-15-13-24(14-16-25)29(31)34-26-17-11-23(12-18-26)28-22-27(35-30(28)32)19-21-36(2,3)4/h11-18,27-28H,5-10,19-22H2,1-4H3/t27-,28-/m1/s1. The fraction of sp³-hybridized carbons (Fsp3) is 0.533. The monoisotopic (exact) mass is 510 g/mol. The van der Waals surface area contributed by atoms with Crippen LogP contribution < -0.4 is 9.47 Å². The third-order valence-electron chi connectivity index (χ3n) is 6.63. The lowest BCUT2D eigenvalue weighted by Gasteiger charge is -2.17. The molecule has 0 aromatic heterocycles. The molecule has 0 aliphatic carbocycles. The molecule has 1 saturated heterocycles. The second-order valence-electron chi connectivity index (χ2n) is 11.0. The maximum Gasteiger partial charge on any atom is 0.343 e. The molecule has 0 amide bonds. The third kappa shape index (κ3) is 9.12. The van der Waals surface area contributed by atoms with Crippen LogP contribution >= 0.6 is 0 Å². The minimum atomic E-state index is -1.16. The maximum absolute atomic E-state index is 12.6. The number of benzene rings is 2. The van der Waals surface area contributed by atoms with Crippen molar-refractivity contribution in [3.05, 3.63) is 59.7 Å². The van der Waals surface area contributed by atoms with Crippen molar-refractivity contribution in [2.24, 2.45) is 0 Å². The van der Waals surface area contributed by atoms with Gasteiger partial charge in [0.1, 0.15) is 17.6 Å². The van der Waals surface area contributed by atoms with E-state index in [-0.39, 0.29) is 18.0 Å². The largest absolute Gasteiger partial charge is 0.494 e. The van der Waals surface area contributed by atoms with E-state index >= 15 is 0 Å². The van der Waals surface area contributed by atoms with E-state index in [9.17, 15) is 9.59 Å². The molecule has 0 N–H and O–H groups in total. The Balaban J connectivity index is 1.44. The second kappa shape index (κ2) is 13.6. The topological polar surface area (TPSA) is 61.8 Å². The third-order valence-corrected chi connectivity index (χ3v) is 8.42. The summed E-state index contributed by atoms with van der Waals surface area (Å²) < 4.78 is 16.9. The highest BCUT2D eigenvalue weighted by Crippen LogP contribution is 2.34. The first-order chi connectivity index (χ1) is 17.2. The minimum absolute atomic E-state index is 0.00414. The molecule has 0 unspecified atom stereocenters. The van der Waals surface area contributed by atoms with Crippen LogP contribution in [-0.4, -0.2) is 32.7 Å². The van der Waals surface area contributed by atoms with Crippen LogP contribution in [0.25, 0.3) is 0 Å². The van der Waals surface area contributed by atoms with Crippen LogP contribution in [0.15, 0.2) is 48.5 Å². The van der Waals surface area contributed by atoms with Gasteiger partial charge in [0.25, 0.3) is 0 Å². The number of hydrogen-bond donors (Lipinski definition) is 0. The van der Waals surface area contributed by atoms with E-state index < -0.39 is 14.0 Å². The van der Waals surface area contributed by atoms with Crippen molar-refractivity contribution < 1.29 is 23.8 Å². The lowest BCUT2D eigenvalue weighted by molar-refractivity contribution is -0.142. The maximum atomic E-state index is 12.6. The normalized spacial score (nSPS) is 17.6. The van der Waals surface area contributed by atoms with Gasteiger partial charge in [0.05, 0.1) is 18.1 Å². The first-order valence-electron chi connectivity index (χ1n) is 13.5. The first kappa shape index (κ1) is 28.0. The molecule has 2 aromatic carbocycles. The van der Waals surface area contributed by atoms with E-state index in [0.29, 0.717) is 17.9 Å². The molecule has 0 saturated carbocycles. The zero-order valence-electron chi connectivity index (χ0n) is 22.4. The van der Waals surface area contributed by atoms with Crippen LogP contribution in [0.4, 0.5) is 0 Å². The highest BCUT2D eigenvalue weighted by molar-refractivity contribution is 6.76. The van der Waals surface area contributed by atoms with Crippen molar-refractivity contribution in [1.82, 2.24) is 0 Å². The Bertz CT molecular complexity index is 962. The number of carbonyl (C=O) groups excluding carboxylic acids is 2. The van der Waals surface area contributed by atoms with Crippen LogP contribution in [0, 0.1) is 0 Å². The lowest BCUT2D eigenvalue weighted by atomic mass is 9.95. The van der Waals surface area contributed by atoms with Gasteiger partial charge in [-0.3, -0.25) is 4.79 Å². The van der Waals surface area contributed by atoms with Gasteiger partial charge >= 0.3 is 11.9 Å². The van der Waals surface area contributed by atoms with Crippen molar-refractivity contribution in [2.75, 3.05) is 6.61 Å². The summed E-state index contributed by atoms with van der Waals surface area (Å²) in [7, 11) is -1.16. The van der Waals surface area contributed by atoms with E-state index in [1.165, 1.54) is 32.1 Å².